The van der Waals surface area contributed by atoms with E-state index in [1.165, 1.54) is 17.1 Å². The van der Waals surface area contributed by atoms with Gasteiger partial charge in [0, 0.05) is 31.9 Å². The largest absolute Gasteiger partial charge is 0.325 e. The smallest absolute Gasteiger partial charge is 0.321 e. The van der Waals surface area contributed by atoms with Crippen LogP contribution in [0.25, 0.3) is 0 Å². The Hall–Kier alpha value is -1.60. The highest BCUT2D eigenvalue weighted by Gasteiger charge is 2.27. The molecule has 0 atom stereocenters. The van der Waals surface area contributed by atoms with Crippen molar-refractivity contribution in [2.45, 2.75) is 43.4 Å². The van der Waals surface area contributed by atoms with Gasteiger partial charge in [0.2, 0.25) is 10.0 Å². The molecule has 7 heteroatoms. The van der Waals surface area contributed by atoms with Gasteiger partial charge in [0.05, 0.1) is 4.90 Å². The Morgan fingerprint density at radius 1 is 0.833 bits per heavy atom. The average Bonchev–Trinajstić information content (AvgIpc) is 2.99. The summed E-state index contributed by atoms with van der Waals surface area (Å²) in [6.07, 6.45) is 6.27. The minimum atomic E-state index is -3.40. The monoisotopic (exact) mass is 351 g/mol. The topological polar surface area (TPSA) is 69.7 Å². The first-order valence-electron chi connectivity index (χ1n) is 8.73. The number of benzene rings is 1. The maximum absolute atomic E-state index is 12.5. The van der Waals surface area contributed by atoms with Gasteiger partial charge in [-0.05, 0) is 49.9 Å². The molecule has 2 heterocycles. The number of carbonyl (C=O) groups excluding carboxylic acids is 1. The van der Waals surface area contributed by atoms with E-state index in [4.69, 9.17) is 0 Å². The molecular weight excluding hydrogens is 326 g/mol. The van der Waals surface area contributed by atoms with Crippen LogP contribution in [0.4, 0.5) is 10.5 Å². The van der Waals surface area contributed by atoms with Crippen LogP contribution in [0.1, 0.15) is 38.5 Å². The van der Waals surface area contributed by atoms with E-state index in [1.54, 1.807) is 24.3 Å². The number of hydrogen-bond acceptors (Lipinski definition) is 3. The van der Waals surface area contributed by atoms with E-state index in [9.17, 15) is 13.2 Å². The summed E-state index contributed by atoms with van der Waals surface area (Å²) in [4.78, 5) is 14.4. The molecule has 24 heavy (non-hydrogen) atoms. The Morgan fingerprint density at radius 2 is 1.38 bits per heavy atom. The number of amides is 2. The lowest BCUT2D eigenvalue weighted by Crippen LogP contribution is -2.35. The van der Waals surface area contributed by atoms with Gasteiger partial charge in [0.1, 0.15) is 0 Å². The van der Waals surface area contributed by atoms with Crippen molar-refractivity contribution in [3.63, 3.8) is 0 Å². The highest BCUT2D eigenvalue weighted by atomic mass is 32.2. The number of sulfonamides is 1. The van der Waals surface area contributed by atoms with Crippen molar-refractivity contribution in [3.05, 3.63) is 24.3 Å². The molecule has 1 aromatic rings. The van der Waals surface area contributed by atoms with Crippen LogP contribution in [0.2, 0.25) is 0 Å². The first-order valence-corrected chi connectivity index (χ1v) is 10.2. The number of nitrogens with zero attached hydrogens (tertiary/aromatic N) is 2. The highest BCUT2D eigenvalue weighted by molar-refractivity contribution is 7.89. The quantitative estimate of drug-likeness (QED) is 0.910. The molecule has 0 spiro atoms. The SMILES string of the molecule is O=C(Nc1ccc(S(=O)(=O)N2CCCC2)cc1)N1CCCCCC1. The third-order valence-electron chi connectivity index (χ3n) is 4.70. The maximum Gasteiger partial charge on any atom is 0.321 e. The molecular formula is C17H25N3O3S. The second kappa shape index (κ2) is 7.53. The number of anilines is 1. The van der Waals surface area contributed by atoms with Gasteiger partial charge in [0.15, 0.2) is 0 Å². The molecule has 1 aromatic carbocycles. The Balaban J connectivity index is 1.64. The molecule has 6 nitrogen and oxygen atoms in total. The predicted molar refractivity (Wildman–Crippen MR) is 93.5 cm³/mol. The van der Waals surface area contributed by atoms with Gasteiger partial charge in [-0.15, -0.1) is 0 Å². The Morgan fingerprint density at radius 3 is 1.96 bits per heavy atom. The van der Waals surface area contributed by atoms with Crippen molar-refractivity contribution in [3.8, 4) is 0 Å². The van der Waals surface area contributed by atoms with Crippen molar-refractivity contribution in [1.29, 1.82) is 0 Å². The van der Waals surface area contributed by atoms with E-state index >= 15 is 0 Å². The minimum absolute atomic E-state index is 0.105. The van der Waals surface area contributed by atoms with E-state index in [-0.39, 0.29) is 10.9 Å². The third-order valence-corrected chi connectivity index (χ3v) is 6.61. The summed E-state index contributed by atoms with van der Waals surface area (Å²) in [7, 11) is -3.40. The van der Waals surface area contributed by atoms with Gasteiger partial charge in [-0.3, -0.25) is 0 Å². The van der Waals surface area contributed by atoms with Crippen molar-refractivity contribution in [2.24, 2.45) is 0 Å². The van der Waals surface area contributed by atoms with Crippen LogP contribution in [0, 0.1) is 0 Å². The molecule has 2 aliphatic rings. The average molecular weight is 351 g/mol. The zero-order valence-corrected chi connectivity index (χ0v) is 14.7. The Bertz CT molecular complexity index is 659. The molecule has 2 saturated heterocycles. The number of urea groups is 1. The van der Waals surface area contributed by atoms with Crippen molar-refractivity contribution in [2.75, 3.05) is 31.5 Å². The highest BCUT2D eigenvalue weighted by Crippen LogP contribution is 2.22. The van der Waals surface area contributed by atoms with E-state index in [0.717, 1.165) is 38.8 Å². The first-order chi connectivity index (χ1) is 11.6. The summed E-state index contributed by atoms with van der Waals surface area (Å²) in [5.74, 6) is 0. The summed E-state index contributed by atoms with van der Waals surface area (Å²) >= 11 is 0. The Kier molecular flexibility index (Phi) is 5.40. The zero-order chi connectivity index (χ0) is 17.0. The first kappa shape index (κ1) is 17.2. The molecule has 0 bridgehead atoms. The van der Waals surface area contributed by atoms with Gasteiger partial charge < -0.3 is 10.2 Å². The normalized spacial score (nSPS) is 19.9. The second-order valence-corrected chi connectivity index (χ2v) is 8.40. The standard InChI is InChI=1S/C17H25N3O3S/c21-17(19-11-3-1-2-4-12-19)18-15-7-9-16(10-8-15)24(22,23)20-13-5-6-14-20/h7-10H,1-6,11-14H2,(H,18,21). The summed E-state index contributed by atoms with van der Waals surface area (Å²) in [6, 6.07) is 6.38. The summed E-state index contributed by atoms with van der Waals surface area (Å²) in [5.41, 5.74) is 0.629. The fraction of sp³-hybridized carbons (Fsp3) is 0.588. The van der Waals surface area contributed by atoms with Crippen LogP contribution in [0.15, 0.2) is 29.2 Å². The molecule has 0 unspecified atom stereocenters. The molecule has 1 N–H and O–H groups in total. The van der Waals surface area contributed by atoms with Crippen LogP contribution >= 0.6 is 0 Å². The zero-order valence-electron chi connectivity index (χ0n) is 13.9. The summed E-state index contributed by atoms with van der Waals surface area (Å²) in [6.45, 7) is 2.76. The molecule has 0 aromatic heterocycles. The molecule has 0 radical (unpaired) electrons. The fourth-order valence-corrected chi connectivity index (χ4v) is 4.78. The molecule has 2 aliphatic heterocycles. The van der Waals surface area contributed by atoms with E-state index in [0.29, 0.717) is 18.8 Å². The van der Waals surface area contributed by atoms with E-state index in [2.05, 4.69) is 5.32 Å². The second-order valence-electron chi connectivity index (χ2n) is 6.47. The summed E-state index contributed by atoms with van der Waals surface area (Å²) < 4.78 is 26.5. The molecule has 2 amide bonds. The molecule has 0 aliphatic carbocycles. The lowest BCUT2D eigenvalue weighted by Gasteiger charge is -2.21. The number of carbonyl (C=O) groups is 1. The number of hydrogen-bond donors (Lipinski definition) is 1. The van der Waals surface area contributed by atoms with E-state index < -0.39 is 10.0 Å². The predicted octanol–water partition coefficient (Wildman–Crippen LogP) is 2.88. The van der Waals surface area contributed by atoms with Crippen LogP contribution in [-0.2, 0) is 10.0 Å². The van der Waals surface area contributed by atoms with Crippen LogP contribution in [0.5, 0.6) is 0 Å². The van der Waals surface area contributed by atoms with Crippen LogP contribution in [-0.4, -0.2) is 49.8 Å². The molecule has 3 rings (SSSR count). The number of nitrogens with one attached hydrogen (secondary N) is 1. The lowest BCUT2D eigenvalue weighted by molar-refractivity contribution is 0.214. The van der Waals surface area contributed by atoms with Crippen molar-refractivity contribution >= 4 is 21.7 Å². The molecule has 0 saturated carbocycles. The van der Waals surface area contributed by atoms with Gasteiger partial charge in [0.25, 0.3) is 0 Å². The van der Waals surface area contributed by atoms with E-state index in [1.807, 2.05) is 4.90 Å². The van der Waals surface area contributed by atoms with Gasteiger partial charge >= 0.3 is 6.03 Å². The molecule has 132 valence electrons. The van der Waals surface area contributed by atoms with Crippen molar-refractivity contribution in [1.82, 2.24) is 9.21 Å². The molecule has 2 fully saturated rings. The fourth-order valence-electron chi connectivity index (χ4n) is 3.26. The lowest BCUT2D eigenvalue weighted by atomic mass is 10.2. The third kappa shape index (κ3) is 3.89. The minimum Gasteiger partial charge on any atom is -0.325 e. The Labute approximate surface area is 143 Å². The van der Waals surface area contributed by atoms with Gasteiger partial charge in [-0.1, -0.05) is 12.8 Å². The van der Waals surface area contributed by atoms with Crippen molar-refractivity contribution < 1.29 is 13.2 Å². The summed E-state index contributed by atoms with van der Waals surface area (Å²) in [5, 5.41) is 2.87. The number of rotatable bonds is 3. The van der Waals surface area contributed by atoms with Crippen LogP contribution < -0.4 is 5.32 Å². The van der Waals surface area contributed by atoms with Crippen LogP contribution in [0.3, 0.4) is 0 Å². The number of likely N-dealkylation sites (tertiary alicyclic amines) is 1. The van der Waals surface area contributed by atoms with Gasteiger partial charge in [-0.25, -0.2) is 13.2 Å². The van der Waals surface area contributed by atoms with Gasteiger partial charge in [-0.2, -0.15) is 4.31 Å². The maximum atomic E-state index is 12.5.